The largest absolute Gasteiger partial charge is 0.308 e. The highest BCUT2D eigenvalue weighted by Crippen LogP contribution is 2.44. The van der Waals surface area contributed by atoms with Crippen molar-refractivity contribution in [2.75, 3.05) is 0 Å². The third kappa shape index (κ3) is 5.30. The molecule has 0 saturated heterocycles. The molecule has 0 saturated carbocycles. The Balaban J connectivity index is 0.958. The van der Waals surface area contributed by atoms with Crippen LogP contribution in [0, 0.1) is 0 Å². The molecule has 0 fully saturated rings. The standard InChI is InChI=1S/C60H36N2S2/c1-2-14-37(15-3-1)40-32-41(38-28-30-53-49(35-38)43-16-4-8-22-51(43)61(53)55-24-12-20-47-45-18-6-10-26-57(45)63-59(47)55)34-42(33-40)39-29-31-54-50(36-39)44-17-5-9-23-52(44)62(54)56-25-13-21-48-46-19-7-11-27-58(46)64-60(48)56/h1-36H. The van der Waals surface area contributed by atoms with E-state index >= 15 is 0 Å². The number of nitrogens with zero attached hydrogens (tertiary/aromatic N) is 2. The Bertz CT molecular complexity index is 3950. The van der Waals surface area contributed by atoms with Crippen LogP contribution in [0.3, 0.4) is 0 Å². The van der Waals surface area contributed by atoms with E-state index in [0.29, 0.717) is 0 Å². The molecule has 0 radical (unpaired) electrons. The van der Waals surface area contributed by atoms with Gasteiger partial charge in [0, 0.05) is 52.5 Å². The summed E-state index contributed by atoms with van der Waals surface area (Å²) < 4.78 is 10.2. The maximum Gasteiger partial charge on any atom is 0.0640 e. The Kier molecular flexibility index (Phi) is 7.76. The molecule has 0 amide bonds. The SMILES string of the molecule is c1ccc(-c2cc(-c3ccc4c(c3)c3ccccc3n4-c3cccc4c3sc3ccccc34)cc(-c3ccc4c(c3)c3ccccc3n4-c3cccc4c3sc3ccccc34)c2)cc1. The minimum atomic E-state index is 1.20. The Morgan fingerprint density at radius 3 is 1.12 bits per heavy atom. The average molecular weight is 849 g/mol. The zero-order valence-electron chi connectivity index (χ0n) is 34.5. The van der Waals surface area contributed by atoms with Crippen LogP contribution in [-0.4, -0.2) is 9.13 Å². The van der Waals surface area contributed by atoms with Crippen LogP contribution in [0.5, 0.6) is 0 Å². The fourth-order valence-electron chi connectivity index (χ4n) is 10.4. The molecule has 14 rings (SSSR count). The summed E-state index contributed by atoms with van der Waals surface area (Å²) in [4.78, 5) is 0. The molecular weight excluding hydrogens is 813 g/mol. The maximum absolute atomic E-state index is 2.48. The average Bonchev–Trinajstić information content (AvgIpc) is 4.12. The first-order valence-electron chi connectivity index (χ1n) is 21.8. The predicted molar refractivity (Wildman–Crippen MR) is 277 cm³/mol. The molecule has 0 aliphatic heterocycles. The van der Waals surface area contributed by atoms with Gasteiger partial charge >= 0.3 is 0 Å². The van der Waals surface area contributed by atoms with Crippen LogP contribution in [0.15, 0.2) is 218 Å². The Labute approximate surface area is 376 Å². The number of aromatic nitrogens is 2. The number of thiophene rings is 2. The molecule has 0 aliphatic rings. The number of fused-ring (bicyclic) bond motifs is 12. The third-order valence-corrected chi connectivity index (χ3v) is 15.7. The van der Waals surface area contributed by atoms with Gasteiger partial charge in [-0.1, -0.05) is 140 Å². The summed E-state index contributed by atoms with van der Waals surface area (Å²) in [5.74, 6) is 0. The van der Waals surface area contributed by atoms with Gasteiger partial charge in [-0.25, -0.2) is 0 Å². The van der Waals surface area contributed by atoms with Gasteiger partial charge in [-0.3, -0.25) is 0 Å². The summed E-state index contributed by atoms with van der Waals surface area (Å²) in [6.45, 7) is 0. The minimum Gasteiger partial charge on any atom is -0.308 e. The van der Waals surface area contributed by atoms with E-state index in [4.69, 9.17) is 0 Å². The molecule has 0 spiro atoms. The van der Waals surface area contributed by atoms with Gasteiger partial charge in [-0.2, -0.15) is 0 Å². The zero-order valence-corrected chi connectivity index (χ0v) is 36.1. The fourth-order valence-corrected chi connectivity index (χ4v) is 12.8. The first kappa shape index (κ1) is 35.8. The van der Waals surface area contributed by atoms with Crippen LogP contribution in [0.4, 0.5) is 0 Å². The predicted octanol–water partition coefficient (Wildman–Crippen LogP) is 17.6. The second-order valence-electron chi connectivity index (χ2n) is 16.8. The molecule has 0 N–H and O–H groups in total. The van der Waals surface area contributed by atoms with Crippen molar-refractivity contribution >= 4 is 107 Å². The lowest BCUT2D eigenvalue weighted by Gasteiger charge is -2.13. The van der Waals surface area contributed by atoms with Crippen molar-refractivity contribution in [1.82, 2.24) is 9.13 Å². The van der Waals surface area contributed by atoms with Gasteiger partial charge in [-0.15, -0.1) is 22.7 Å². The second kappa shape index (κ2) is 13.9. The molecule has 4 heterocycles. The van der Waals surface area contributed by atoms with Gasteiger partial charge in [0.15, 0.2) is 0 Å². The van der Waals surface area contributed by atoms with E-state index in [1.807, 2.05) is 22.7 Å². The van der Waals surface area contributed by atoms with E-state index in [2.05, 4.69) is 228 Å². The minimum absolute atomic E-state index is 1.20. The number of para-hydroxylation sites is 2. The number of rotatable bonds is 5. The van der Waals surface area contributed by atoms with Crippen molar-refractivity contribution in [3.8, 4) is 44.8 Å². The van der Waals surface area contributed by atoms with Crippen LogP contribution < -0.4 is 0 Å². The summed E-state index contributed by atoms with van der Waals surface area (Å²) >= 11 is 3.77. The molecule has 64 heavy (non-hydrogen) atoms. The summed E-state index contributed by atoms with van der Waals surface area (Å²) in [5, 5.41) is 10.3. The molecule has 0 unspecified atom stereocenters. The number of benzene rings is 10. The lowest BCUT2D eigenvalue weighted by molar-refractivity contribution is 1.20. The fraction of sp³-hybridized carbons (Fsp3) is 0. The normalized spacial score (nSPS) is 12.1. The van der Waals surface area contributed by atoms with Crippen molar-refractivity contribution in [3.63, 3.8) is 0 Å². The van der Waals surface area contributed by atoms with E-state index in [1.165, 1.54) is 129 Å². The number of hydrogen-bond donors (Lipinski definition) is 0. The maximum atomic E-state index is 2.48. The van der Waals surface area contributed by atoms with Crippen molar-refractivity contribution in [2.24, 2.45) is 0 Å². The molecule has 4 heteroatoms. The molecule has 10 aromatic carbocycles. The number of hydrogen-bond acceptors (Lipinski definition) is 2. The van der Waals surface area contributed by atoms with E-state index in [9.17, 15) is 0 Å². The van der Waals surface area contributed by atoms with Crippen molar-refractivity contribution in [2.45, 2.75) is 0 Å². The zero-order chi connectivity index (χ0) is 41.9. The monoisotopic (exact) mass is 848 g/mol. The van der Waals surface area contributed by atoms with Crippen LogP contribution in [0.25, 0.3) is 129 Å². The lowest BCUT2D eigenvalue weighted by atomic mass is 9.92. The van der Waals surface area contributed by atoms with Gasteiger partial charge in [0.2, 0.25) is 0 Å². The van der Waals surface area contributed by atoms with Gasteiger partial charge in [0.1, 0.15) is 0 Å². The van der Waals surface area contributed by atoms with Crippen LogP contribution in [0.1, 0.15) is 0 Å². The first-order chi connectivity index (χ1) is 31.7. The van der Waals surface area contributed by atoms with Gasteiger partial charge in [0.25, 0.3) is 0 Å². The van der Waals surface area contributed by atoms with Crippen LogP contribution in [-0.2, 0) is 0 Å². The molecule has 14 aromatic rings. The summed E-state index contributed by atoms with van der Waals surface area (Å²) in [7, 11) is 0. The molecule has 0 bridgehead atoms. The van der Waals surface area contributed by atoms with Crippen LogP contribution >= 0.6 is 22.7 Å². The van der Waals surface area contributed by atoms with E-state index in [0.717, 1.165) is 0 Å². The highest BCUT2D eigenvalue weighted by Gasteiger charge is 2.20. The highest BCUT2D eigenvalue weighted by molar-refractivity contribution is 7.26. The first-order valence-corrected chi connectivity index (χ1v) is 23.5. The topological polar surface area (TPSA) is 9.86 Å². The van der Waals surface area contributed by atoms with E-state index < -0.39 is 0 Å². The molecular formula is C60H36N2S2. The Hall–Kier alpha value is -7.76. The Morgan fingerprint density at radius 2 is 0.625 bits per heavy atom. The third-order valence-electron chi connectivity index (χ3n) is 13.3. The Morgan fingerprint density at radius 1 is 0.234 bits per heavy atom. The van der Waals surface area contributed by atoms with Crippen molar-refractivity contribution < 1.29 is 0 Å². The van der Waals surface area contributed by atoms with E-state index in [-0.39, 0.29) is 0 Å². The molecule has 298 valence electrons. The second-order valence-corrected chi connectivity index (χ2v) is 18.9. The highest BCUT2D eigenvalue weighted by atomic mass is 32.1. The van der Waals surface area contributed by atoms with Gasteiger partial charge in [0.05, 0.1) is 42.8 Å². The summed E-state index contributed by atoms with van der Waals surface area (Å²) in [6, 6.07) is 80.9. The molecule has 4 aromatic heterocycles. The molecule has 2 nitrogen and oxygen atoms in total. The van der Waals surface area contributed by atoms with Gasteiger partial charge in [-0.05, 0) is 112 Å². The van der Waals surface area contributed by atoms with Crippen molar-refractivity contribution in [3.05, 3.63) is 218 Å². The van der Waals surface area contributed by atoms with E-state index in [1.54, 1.807) is 0 Å². The van der Waals surface area contributed by atoms with Gasteiger partial charge < -0.3 is 9.13 Å². The lowest BCUT2D eigenvalue weighted by Crippen LogP contribution is -1.94. The summed E-state index contributed by atoms with van der Waals surface area (Å²) in [5.41, 5.74) is 14.5. The quantitative estimate of drug-likeness (QED) is 0.163. The smallest absolute Gasteiger partial charge is 0.0640 e. The van der Waals surface area contributed by atoms with Crippen molar-refractivity contribution in [1.29, 1.82) is 0 Å². The molecule has 0 aliphatic carbocycles. The molecule has 0 atom stereocenters. The summed E-state index contributed by atoms with van der Waals surface area (Å²) in [6.07, 6.45) is 0. The van der Waals surface area contributed by atoms with Crippen LogP contribution in [0.2, 0.25) is 0 Å².